The maximum Gasteiger partial charge on any atom is 0.316 e. The van der Waals surface area contributed by atoms with Gasteiger partial charge in [-0.3, -0.25) is 9.59 Å². The van der Waals surface area contributed by atoms with Crippen molar-refractivity contribution in [2.24, 2.45) is 34.0 Å². The molecular formula is C28H47NO4S. The van der Waals surface area contributed by atoms with Gasteiger partial charge in [-0.1, -0.05) is 47.6 Å². The molecule has 3 aliphatic carbocycles. The zero-order valence-corrected chi connectivity index (χ0v) is 23.1. The summed E-state index contributed by atoms with van der Waals surface area (Å²) in [5, 5.41) is 11.6. The minimum atomic E-state index is -0.624. The molecule has 2 bridgehead atoms. The Labute approximate surface area is 211 Å². The Hall–Kier alpha value is -0.850. The number of aliphatic hydroxyl groups is 1. The molecule has 2 unspecified atom stereocenters. The van der Waals surface area contributed by atoms with Crippen LogP contribution in [0.5, 0.6) is 0 Å². The normalized spacial score (nSPS) is 42.1. The van der Waals surface area contributed by atoms with Crippen molar-refractivity contribution < 1.29 is 19.4 Å². The molecule has 0 aromatic heterocycles. The standard InChI is InChI=1S/C28H47NO4S/c1-8-26(6)17-22(33-23(31)18-34-16-15-29(9-2)10-3)27(7)19(4)11-13-28(20(5)25(26)32)14-12-21(30)24(27)28/h8,19-20,22,24-25,32H,1,9-18H2,2-7H3/t19-,20+,22-,24-,25+,26-,27?,28?/m1/s1. The number of nitrogens with zero attached hydrogens (tertiary/aromatic N) is 1. The molecule has 0 aliphatic heterocycles. The summed E-state index contributed by atoms with van der Waals surface area (Å²) in [7, 11) is 0. The Morgan fingerprint density at radius 2 is 1.94 bits per heavy atom. The first-order valence-electron chi connectivity index (χ1n) is 13.3. The van der Waals surface area contributed by atoms with Crippen LogP contribution in [-0.4, -0.2) is 65.1 Å². The van der Waals surface area contributed by atoms with E-state index in [1.165, 1.54) is 0 Å². The van der Waals surface area contributed by atoms with Crippen LogP contribution in [0, 0.1) is 34.0 Å². The van der Waals surface area contributed by atoms with Crippen molar-refractivity contribution in [3.05, 3.63) is 12.7 Å². The van der Waals surface area contributed by atoms with Crippen molar-refractivity contribution in [3.63, 3.8) is 0 Å². The van der Waals surface area contributed by atoms with Gasteiger partial charge in [0.05, 0.1) is 11.9 Å². The summed E-state index contributed by atoms with van der Waals surface area (Å²) in [6.45, 7) is 20.0. The number of carbonyl (C=O) groups is 2. The van der Waals surface area contributed by atoms with Crippen molar-refractivity contribution in [2.75, 3.05) is 31.1 Å². The third-order valence-electron chi connectivity index (χ3n) is 10.2. The van der Waals surface area contributed by atoms with Gasteiger partial charge in [-0.25, -0.2) is 0 Å². The molecule has 3 aliphatic rings. The molecule has 0 spiro atoms. The lowest BCUT2D eigenvalue weighted by Crippen LogP contribution is -2.63. The Morgan fingerprint density at radius 3 is 2.56 bits per heavy atom. The molecule has 0 amide bonds. The molecule has 8 atom stereocenters. The Kier molecular flexibility index (Phi) is 8.68. The quantitative estimate of drug-likeness (QED) is 0.278. The predicted octanol–water partition coefficient (Wildman–Crippen LogP) is 4.97. The van der Waals surface area contributed by atoms with Gasteiger partial charge < -0.3 is 14.7 Å². The van der Waals surface area contributed by atoms with E-state index in [1.807, 2.05) is 13.0 Å². The van der Waals surface area contributed by atoms with Crippen LogP contribution in [0.1, 0.15) is 73.6 Å². The third kappa shape index (κ3) is 4.64. The molecule has 3 fully saturated rings. The Balaban J connectivity index is 1.88. The highest BCUT2D eigenvalue weighted by Gasteiger charge is 2.68. The van der Waals surface area contributed by atoms with E-state index >= 15 is 0 Å². The molecule has 3 rings (SSSR count). The highest BCUT2D eigenvalue weighted by atomic mass is 32.2. The van der Waals surface area contributed by atoms with Crippen LogP contribution >= 0.6 is 11.8 Å². The zero-order valence-electron chi connectivity index (χ0n) is 22.3. The van der Waals surface area contributed by atoms with E-state index in [0.29, 0.717) is 24.4 Å². The first-order chi connectivity index (χ1) is 16.0. The second-order valence-corrected chi connectivity index (χ2v) is 12.7. The Bertz CT molecular complexity index is 770. The zero-order chi connectivity index (χ0) is 25.3. The summed E-state index contributed by atoms with van der Waals surface area (Å²) < 4.78 is 6.30. The molecule has 0 aromatic rings. The number of carbonyl (C=O) groups excluding carboxylic acids is 2. The SMILES string of the molecule is C=C[C@]1(C)C[C@@H](OC(=O)CSCCN(CC)CC)C2(C)[C@H](C)CCC3(CCC(=O)[C@@H]32)[C@@H](C)[C@@H]1O. The molecule has 194 valence electrons. The highest BCUT2D eigenvalue weighted by molar-refractivity contribution is 7.99. The average molecular weight is 494 g/mol. The van der Waals surface area contributed by atoms with Crippen molar-refractivity contribution in [1.29, 1.82) is 0 Å². The average Bonchev–Trinajstić information content (AvgIpc) is 3.17. The summed E-state index contributed by atoms with van der Waals surface area (Å²) in [6, 6.07) is 0. The predicted molar refractivity (Wildman–Crippen MR) is 140 cm³/mol. The molecule has 1 N–H and O–H groups in total. The van der Waals surface area contributed by atoms with Crippen LogP contribution in [0.4, 0.5) is 0 Å². The summed E-state index contributed by atoms with van der Waals surface area (Å²) in [4.78, 5) is 28.9. The lowest BCUT2D eigenvalue weighted by atomic mass is 9.44. The molecule has 6 heteroatoms. The second kappa shape index (κ2) is 10.6. The van der Waals surface area contributed by atoms with Crippen molar-refractivity contribution in [1.82, 2.24) is 4.90 Å². The summed E-state index contributed by atoms with van der Waals surface area (Å²) >= 11 is 1.61. The van der Waals surface area contributed by atoms with Gasteiger partial charge in [0, 0.05) is 35.5 Å². The van der Waals surface area contributed by atoms with Gasteiger partial charge in [-0.15, -0.1) is 18.3 Å². The van der Waals surface area contributed by atoms with Crippen molar-refractivity contribution in [3.8, 4) is 0 Å². The molecule has 0 heterocycles. The van der Waals surface area contributed by atoms with Crippen LogP contribution in [0.25, 0.3) is 0 Å². The van der Waals surface area contributed by atoms with Crippen LogP contribution in [-0.2, 0) is 14.3 Å². The maximum atomic E-state index is 13.4. The number of thioether (sulfide) groups is 1. The van der Waals surface area contributed by atoms with Crippen LogP contribution in [0.2, 0.25) is 0 Å². The van der Waals surface area contributed by atoms with E-state index in [2.05, 4.69) is 46.1 Å². The van der Waals surface area contributed by atoms with Gasteiger partial charge in [-0.2, -0.15) is 0 Å². The van der Waals surface area contributed by atoms with E-state index in [0.717, 1.165) is 44.6 Å². The lowest BCUT2D eigenvalue weighted by molar-refractivity contribution is -0.205. The molecular weight excluding hydrogens is 446 g/mol. The number of hydrogen-bond acceptors (Lipinski definition) is 6. The van der Waals surface area contributed by atoms with Crippen LogP contribution < -0.4 is 0 Å². The van der Waals surface area contributed by atoms with Crippen LogP contribution in [0.3, 0.4) is 0 Å². The smallest absolute Gasteiger partial charge is 0.316 e. The van der Waals surface area contributed by atoms with Gasteiger partial charge in [0.1, 0.15) is 11.9 Å². The number of ether oxygens (including phenoxy) is 1. The van der Waals surface area contributed by atoms with E-state index in [4.69, 9.17) is 4.74 Å². The van der Waals surface area contributed by atoms with Crippen molar-refractivity contribution >= 4 is 23.5 Å². The number of aliphatic hydroxyl groups excluding tert-OH is 1. The van der Waals surface area contributed by atoms with Gasteiger partial charge in [0.25, 0.3) is 0 Å². The number of Topliss-reactive ketones (excluding diaryl/α,β-unsaturated/α-hetero) is 1. The first-order valence-corrected chi connectivity index (χ1v) is 14.5. The van der Waals surface area contributed by atoms with Crippen LogP contribution in [0.15, 0.2) is 12.7 Å². The molecule has 3 saturated carbocycles. The summed E-state index contributed by atoms with van der Waals surface area (Å²) in [5.74, 6) is 1.37. The summed E-state index contributed by atoms with van der Waals surface area (Å²) in [6.07, 6.45) is 4.64. The lowest BCUT2D eigenvalue weighted by Gasteiger charge is -2.61. The minimum Gasteiger partial charge on any atom is -0.461 e. The monoisotopic (exact) mass is 493 g/mol. The fourth-order valence-electron chi connectivity index (χ4n) is 7.58. The van der Waals surface area contributed by atoms with Gasteiger partial charge >= 0.3 is 5.97 Å². The van der Waals surface area contributed by atoms with Gasteiger partial charge in [-0.05, 0) is 56.0 Å². The van der Waals surface area contributed by atoms with Gasteiger partial charge in [0.15, 0.2) is 0 Å². The van der Waals surface area contributed by atoms with E-state index < -0.39 is 23.0 Å². The topological polar surface area (TPSA) is 66.8 Å². The first kappa shape index (κ1) is 27.7. The van der Waals surface area contributed by atoms with E-state index in [-0.39, 0.29) is 29.1 Å². The maximum absolute atomic E-state index is 13.4. The molecule has 34 heavy (non-hydrogen) atoms. The number of hydrogen-bond donors (Lipinski definition) is 1. The molecule has 5 nitrogen and oxygen atoms in total. The van der Waals surface area contributed by atoms with E-state index in [1.54, 1.807) is 11.8 Å². The number of esters is 1. The fourth-order valence-corrected chi connectivity index (χ4v) is 8.35. The second-order valence-electron chi connectivity index (χ2n) is 11.6. The highest BCUT2D eigenvalue weighted by Crippen LogP contribution is 2.67. The number of ketones is 1. The van der Waals surface area contributed by atoms with Crippen molar-refractivity contribution in [2.45, 2.75) is 85.9 Å². The van der Waals surface area contributed by atoms with E-state index in [9.17, 15) is 14.7 Å². The molecule has 0 aromatic carbocycles. The fraction of sp³-hybridized carbons (Fsp3) is 0.857. The molecule has 0 saturated heterocycles. The largest absolute Gasteiger partial charge is 0.461 e. The third-order valence-corrected chi connectivity index (χ3v) is 11.2. The Morgan fingerprint density at radius 1 is 1.26 bits per heavy atom. The summed E-state index contributed by atoms with van der Waals surface area (Å²) in [5.41, 5.74) is -1.25. The molecule has 0 radical (unpaired) electrons. The number of rotatable bonds is 9. The minimum absolute atomic E-state index is 0.00828. The van der Waals surface area contributed by atoms with Gasteiger partial charge in [0.2, 0.25) is 0 Å².